The summed E-state index contributed by atoms with van der Waals surface area (Å²) in [5, 5.41) is 4.68. The third-order valence-corrected chi connectivity index (χ3v) is 6.23. The number of rotatable bonds is 4. The van der Waals surface area contributed by atoms with Crippen LogP contribution in [0.1, 0.15) is 10.4 Å². The molecule has 0 bridgehead atoms. The summed E-state index contributed by atoms with van der Waals surface area (Å²) in [4.78, 5) is 13.1. The largest absolute Gasteiger partial charge is 0.321 e. The number of benzene rings is 2. The van der Waals surface area contributed by atoms with E-state index < -0.39 is 15.8 Å². The lowest BCUT2D eigenvalue weighted by molar-refractivity contribution is -0.110. The molecule has 1 amide bonds. The first-order valence-corrected chi connectivity index (χ1v) is 10.3. The Labute approximate surface area is 159 Å². The van der Waals surface area contributed by atoms with E-state index >= 15 is 0 Å². The average molecular weight is 400 g/mol. The van der Waals surface area contributed by atoms with E-state index in [0.717, 1.165) is 17.0 Å². The molecule has 1 aliphatic rings. The molecule has 3 aromatic rings. The number of fused-ring (bicyclic) bond motifs is 1. The third-order valence-electron chi connectivity index (χ3n) is 4.01. The first kappa shape index (κ1) is 17.4. The second-order valence-corrected chi connectivity index (χ2v) is 8.51. The van der Waals surface area contributed by atoms with Crippen LogP contribution in [0.25, 0.3) is 11.6 Å². The average Bonchev–Trinajstić information content (AvgIpc) is 3.24. The van der Waals surface area contributed by atoms with Gasteiger partial charge in [0.2, 0.25) is 0 Å². The molecular formula is C19H13FN2O3S2. The summed E-state index contributed by atoms with van der Waals surface area (Å²) in [6.45, 7) is 0. The van der Waals surface area contributed by atoms with E-state index in [1.54, 1.807) is 24.3 Å². The molecule has 8 heteroatoms. The molecule has 136 valence electrons. The number of amides is 1. The van der Waals surface area contributed by atoms with Crippen molar-refractivity contribution in [2.75, 3.05) is 10.0 Å². The van der Waals surface area contributed by atoms with Crippen LogP contribution < -0.4 is 10.0 Å². The summed E-state index contributed by atoms with van der Waals surface area (Å²) in [7, 11) is -3.87. The van der Waals surface area contributed by atoms with Gasteiger partial charge in [-0.05, 0) is 60.0 Å². The number of hydrogen-bond donors (Lipinski definition) is 2. The molecule has 0 unspecified atom stereocenters. The molecule has 1 aromatic heterocycles. The molecular weight excluding hydrogens is 387 g/mol. The first-order chi connectivity index (χ1) is 12.9. The van der Waals surface area contributed by atoms with Gasteiger partial charge < -0.3 is 5.32 Å². The van der Waals surface area contributed by atoms with Gasteiger partial charge in [-0.25, -0.2) is 12.8 Å². The fraction of sp³-hybridized carbons (Fsp3) is 0. The maximum atomic E-state index is 13.0. The number of hydrogen-bond acceptors (Lipinski definition) is 4. The van der Waals surface area contributed by atoms with Crippen LogP contribution in [-0.2, 0) is 14.8 Å². The number of carbonyl (C=O) groups excluding carboxylic acids is 1. The lowest BCUT2D eigenvalue weighted by Crippen LogP contribution is -2.13. The van der Waals surface area contributed by atoms with E-state index in [0.29, 0.717) is 22.5 Å². The Morgan fingerprint density at radius 3 is 2.56 bits per heavy atom. The molecule has 2 N–H and O–H groups in total. The number of halogens is 1. The Balaban J connectivity index is 1.68. The van der Waals surface area contributed by atoms with Crippen LogP contribution in [0.15, 0.2) is 64.9 Å². The molecule has 2 heterocycles. The van der Waals surface area contributed by atoms with Gasteiger partial charge in [-0.2, -0.15) is 0 Å². The Kier molecular flexibility index (Phi) is 4.29. The molecule has 1 aliphatic heterocycles. The number of thiophene rings is 1. The number of sulfonamides is 1. The van der Waals surface area contributed by atoms with Crippen molar-refractivity contribution >= 4 is 50.3 Å². The molecule has 0 aliphatic carbocycles. The van der Waals surface area contributed by atoms with E-state index in [-0.39, 0.29) is 10.8 Å². The SMILES string of the molecule is O=C1Nc2ccc(NS(=O)(=O)c3ccc(F)cc3)cc2/C1=C/c1cccs1. The van der Waals surface area contributed by atoms with Gasteiger partial charge >= 0.3 is 0 Å². The molecule has 0 atom stereocenters. The Bertz CT molecular complexity index is 1150. The van der Waals surface area contributed by atoms with Crippen molar-refractivity contribution < 1.29 is 17.6 Å². The minimum atomic E-state index is -3.87. The van der Waals surface area contributed by atoms with Crippen LogP contribution in [0.4, 0.5) is 15.8 Å². The predicted molar refractivity (Wildman–Crippen MR) is 104 cm³/mol. The van der Waals surface area contributed by atoms with Gasteiger partial charge in [-0.1, -0.05) is 6.07 Å². The number of nitrogens with one attached hydrogen (secondary N) is 2. The van der Waals surface area contributed by atoms with Crippen molar-refractivity contribution in [3.63, 3.8) is 0 Å². The zero-order valence-corrected chi connectivity index (χ0v) is 15.4. The van der Waals surface area contributed by atoms with E-state index in [4.69, 9.17) is 0 Å². The van der Waals surface area contributed by atoms with Crippen LogP contribution in [0.5, 0.6) is 0 Å². The molecule has 2 aromatic carbocycles. The maximum absolute atomic E-state index is 13.0. The standard InChI is InChI=1S/C19H13FN2O3S2/c20-12-3-6-15(7-4-12)27(24,25)22-13-5-8-18-16(10-13)17(19(23)21-18)11-14-2-1-9-26-14/h1-11,22H,(H,21,23)/b17-11-. The molecule has 27 heavy (non-hydrogen) atoms. The highest BCUT2D eigenvalue weighted by molar-refractivity contribution is 7.92. The molecule has 0 spiro atoms. The fourth-order valence-electron chi connectivity index (χ4n) is 2.74. The second-order valence-electron chi connectivity index (χ2n) is 5.85. The van der Waals surface area contributed by atoms with Gasteiger partial charge in [0, 0.05) is 21.8 Å². The van der Waals surface area contributed by atoms with Crippen LogP contribution in [0.3, 0.4) is 0 Å². The molecule has 0 saturated heterocycles. The summed E-state index contributed by atoms with van der Waals surface area (Å²) >= 11 is 1.50. The predicted octanol–water partition coefficient (Wildman–Crippen LogP) is 4.18. The minimum absolute atomic E-state index is 0.0482. The highest BCUT2D eigenvalue weighted by Crippen LogP contribution is 2.36. The second kappa shape index (κ2) is 6.64. The van der Waals surface area contributed by atoms with Gasteiger partial charge in [0.05, 0.1) is 10.5 Å². The highest BCUT2D eigenvalue weighted by atomic mass is 32.2. The van der Waals surface area contributed by atoms with Crippen molar-refractivity contribution in [2.45, 2.75) is 4.90 Å². The van der Waals surface area contributed by atoms with Crippen molar-refractivity contribution in [1.82, 2.24) is 0 Å². The van der Waals surface area contributed by atoms with Crippen molar-refractivity contribution in [3.8, 4) is 0 Å². The topological polar surface area (TPSA) is 75.3 Å². The zero-order valence-electron chi connectivity index (χ0n) is 13.8. The maximum Gasteiger partial charge on any atom is 0.261 e. The van der Waals surface area contributed by atoms with E-state index in [9.17, 15) is 17.6 Å². The number of anilines is 2. The lowest BCUT2D eigenvalue weighted by atomic mass is 10.1. The molecule has 4 rings (SSSR count). The van der Waals surface area contributed by atoms with Crippen molar-refractivity contribution in [1.29, 1.82) is 0 Å². The monoisotopic (exact) mass is 400 g/mol. The number of carbonyl (C=O) groups is 1. The van der Waals surface area contributed by atoms with E-state index in [1.165, 1.54) is 23.5 Å². The van der Waals surface area contributed by atoms with Crippen LogP contribution in [0, 0.1) is 5.82 Å². The lowest BCUT2D eigenvalue weighted by Gasteiger charge is -2.09. The normalized spacial score (nSPS) is 14.9. The van der Waals surface area contributed by atoms with Crippen LogP contribution in [-0.4, -0.2) is 14.3 Å². The van der Waals surface area contributed by atoms with Gasteiger partial charge in [0.15, 0.2) is 0 Å². The van der Waals surface area contributed by atoms with Gasteiger partial charge in [-0.3, -0.25) is 9.52 Å². The highest BCUT2D eigenvalue weighted by Gasteiger charge is 2.25. The Morgan fingerprint density at radius 2 is 1.85 bits per heavy atom. The molecule has 0 fully saturated rings. The Morgan fingerprint density at radius 1 is 1.07 bits per heavy atom. The summed E-state index contributed by atoms with van der Waals surface area (Å²) in [6, 6.07) is 13.1. The summed E-state index contributed by atoms with van der Waals surface area (Å²) in [5.74, 6) is -0.753. The van der Waals surface area contributed by atoms with Gasteiger partial charge in [0.1, 0.15) is 5.82 Å². The van der Waals surface area contributed by atoms with Crippen molar-refractivity contribution in [2.24, 2.45) is 0 Å². The molecule has 0 radical (unpaired) electrons. The fourth-order valence-corrected chi connectivity index (χ4v) is 4.45. The van der Waals surface area contributed by atoms with Gasteiger partial charge in [-0.15, -0.1) is 11.3 Å². The van der Waals surface area contributed by atoms with Gasteiger partial charge in [0.25, 0.3) is 15.9 Å². The quantitative estimate of drug-likeness (QED) is 0.645. The third kappa shape index (κ3) is 3.49. The van der Waals surface area contributed by atoms with E-state index in [1.807, 2.05) is 17.5 Å². The summed E-state index contributed by atoms with van der Waals surface area (Å²) < 4.78 is 40.5. The molecule has 0 saturated carbocycles. The smallest absolute Gasteiger partial charge is 0.261 e. The van der Waals surface area contributed by atoms with Crippen molar-refractivity contribution in [3.05, 3.63) is 76.2 Å². The summed E-state index contributed by atoms with van der Waals surface area (Å²) in [6.07, 6.45) is 1.77. The Hall–Kier alpha value is -2.97. The zero-order chi connectivity index (χ0) is 19.0. The first-order valence-electron chi connectivity index (χ1n) is 7.92. The van der Waals surface area contributed by atoms with Crippen LogP contribution in [0.2, 0.25) is 0 Å². The van der Waals surface area contributed by atoms with E-state index in [2.05, 4.69) is 10.0 Å². The minimum Gasteiger partial charge on any atom is -0.321 e. The molecule has 5 nitrogen and oxygen atoms in total. The van der Waals surface area contributed by atoms with Crippen LogP contribution >= 0.6 is 11.3 Å². The summed E-state index contributed by atoms with van der Waals surface area (Å²) in [5.41, 5.74) is 2.02.